The first-order chi connectivity index (χ1) is 13.1. The minimum atomic E-state index is -0.848. The Balaban J connectivity index is 1.59. The number of carbonyl (C=O) groups excluding carboxylic acids is 2. The summed E-state index contributed by atoms with van der Waals surface area (Å²) in [4.78, 5) is 28.6. The summed E-state index contributed by atoms with van der Waals surface area (Å²) in [5, 5.41) is 9.26. The van der Waals surface area contributed by atoms with E-state index < -0.39 is 12.1 Å². The Morgan fingerprint density at radius 3 is 2.89 bits per heavy atom. The van der Waals surface area contributed by atoms with Crippen LogP contribution in [0.15, 0.2) is 42.6 Å². The molecule has 3 N–H and O–H groups in total. The van der Waals surface area contributed by atoms with Crippen LogP contribution in [0.1, 0.15) is 17.2 Å². The summed E-state index contributed by atoms with van der Waals surface area (Å²) in [5.41, 5.74) is 1.68. The summed E-state index contributed by atoms with van der Waals surface area (Å²) in [6.07, 6.45) is 0.861. The number of aryl methyl sites for hydroxylation is 1. The molecule has 1 aliphatic heterocycles. The molecule has 142 valence electrons. The molecule has 0 radical (unpaired) electrons. The fraction of sp³-hybridized carbons (Fsp3) is 0.316. The van der Waals surface area contributed by atoms with E-state index >= 15 is 0 Å². The van der Waals surface area contributed by atoms with E-state index in [2.05, 4.69) is 20.9 Å². The van der Waals surface area contributed by atoms with Crippen molar-refractivity contribution in [3.05, 3.63) is 58.7 Å². The molecule has 2 aromatic rings. The van der Waals surface area contributed by atoms with Crippen LogP contribution in [0, 0.1) is 6.92 Å². The molecule has 8 heteroatoms. The molecule has 2 amide bonds. The zero-order valence-electron chi connectivity index (χ0n) is 14.9. The van der Waals surface area contributed by atoms with Gasteiger partial charge in [-0.2, -0.15) is 0 Å². The molecule has 1 fully saturated rings. The van der Waals surface area contributed by atoms with Crippen LogP contribution in [0.5, 0.6) is 0 Å². The van der Waals surface area contributed by atoms with Gasteiger partial charge in [-0.3, -0.25) is 9.59 Å². The van der Waals surface area contributed by atoms with Crippen LogP contribution in [-0.2, 0) is 14.3 Å². The van der Waals surface area contributed by atoms with Gasteiger partial charge in [-0.1, -0.05) is 35.9 Å². The van der Waals surface area contributed by atoms with Gasteiger partial charge >= 0.3 is 0 Å². The summed E-state index contributed by atoms with van der Waals surface area (Å²) in [6, 6.07) is 10.3. The van der Waals surface area contributed by atoms with Crippen molar-refractivity contribution in [2.24, 2.45) is 0 Å². The van der Waals surface area contributed by atoms with Crippen LogP contribution in [0.3, 0.4) is 0 Å². The molecule has 0 spiro atoms. The molecule has 0 aliphatic carbocycles. The Morgan fingerprint density at radius 2 is 2.11 bits per heavy atom. The van der Waals surface area contributed by atoms with Crippen LogP contribution >= 0.6 is 11.6 Å². The van der Waals surface area contributed by atoms with Crippen molar-refractivity contribution >= 4 is 29.2 Å². The van der Waals surface area contributed by atoms with E-state index in [4.69, 9.17) is 16.3 Å². The number of nitrogens with one attached hydrogen (secondary N) is 3. The second-order valence-corrected chi connectivity index (χ2v) is 6.59. The van der Waals surface area contributed by atoms with Crippen LogP contribution < -0.4 is 16.0 Å². The number of benzene rings is 1. The van der Waals surface area contributed by atoms with E-state index in [1.807, 2.05) is 19.1 Å². The Kier molecular flexibility index (Phi) is 6.26. The molecule has 1 aromatic heterocycles. The van der Waals surface area contributed by atoms with E-state index in [9.17, 15) is 9.59 Å². The Morgan fingerprint density at radius 1 is 1.30 bits per heavy atom. The maximum atomic E-state index is 12.6. The standard InChI is InChI=1S/C19H21ClN4O3/c1-12-5-4-8-21-18(12)22-9-10-23-19(26)17-16(24-15(25)11-27-17)13-6-2-3-7-14(13)20/h2-8,16-17H,9-11H2,1H3,(H,21,22)(H,23,26)(H,24,25)/t16-,17+/m1/s1. The van der Waals surface area contributed by atoms with E-state index in [-0.39, 0.29) is 18.4 Å². The average molecular weight is 389 g/mol. The molecule has 2 heterocycles. The molecule has 0 saturated carbocycles. The molecule has 1 saturated heterocycles. The van der Waals surface area contributed by atoms with E-state index in [0.717, 1.165) is 11.4 Å². The third kappa shape index (κ3) is 4.75. The first kappa shape index (κ1) is 19.1. The third-order valence-electron chi connectivity index (χ3n) is 4.24. The molecule has 7 nitrogen and oxygen atoms in total. The van der Waals surface area contributed by atoms with Crippen molar-refractivity contribution in [1.82, 2.24) is 15.6 Å². The van der Waals surface area contributed by atoms with Gasteiger partial charge in [0.1, 0.15) is 12.4 Å². The second kappa shape index (κ2) is 8.83. The van der Waals surface area contributed by atoms with Crippen molar-refractivity contribution in [2.75, 3.05) is 25.0 Å². The first-order valence-corrected chi connectivity index (χ1v) is 9.02. The van der Waals surface area contributed by atoms with Gasteiger partial charge in [0.15, 0.2) is 6.10 Å². The van der Waals surface area contributed by atoms with Gasteiger partial charge < -0.3 is 20.7 Å². The first-order valence-electron chi connectivity index (χ1n) is 8.65. The maximum Gasteiger partial charge on any atom is 0.251 e. The predicted octanol–water partition coefficient (Wildman–Crippen LogP) is 1.83. The number of amides is 2. The van der Waals surface area contributed by atoms with Crippen LogP contribution in [-0.4, -0.2) is 42.6 Å². The largest absolute Gasteiger partial charge is 0.368 e. The van der Waals surface area contributed by atoms with Crippen molar-refractivity contribution in [2.45, 2.75) is 19.1 Å². The van der Waals surface area contributed by atoms with Gasteiger partial charge in [0.2, 0.25) is 5.91 Å². The Hall–Kier alpha value is -2.64. The molecular weight excluding hydrogens is 368 g/mol. The number of hydrogen-bond donors (Lipinski definition) is 3. The average Bonchev–Trinajstić information content (AvgIpc) is 2.66. The SMILES string of the molecule is Cc1cccnc1NCCNC(=O)[C@H]1OCC(=O)N[C@@H]1c1ccccc1Cl. The number of anilines is 1. The minimum Gasteiger partial charge on any atom is -0.368 e. The van der Waals surface area contributed by atoms with E-state index in [0.29, 0.717) is 23.7 Å². The van der Waals surface area contributed by atoms with Gasteiger partial charge in [0, 0.05) is 24.3 Å². The number of halogens is 1. The lowest BCUT2D eigenvalue weighted by atomic mass is 9.99. The predicted molar refractivity (Wildman–Crippen MR) is 103 cm³/mol. The second-order valence-electron chi connectivity index (χ2n) is 6.19. The van der Waals surface area contributed by atoms with Crippen molar-refractivity contribution in [3.8, 4) is 0 Å². The Labute approximate surface area is 162 Å². The van der Waals surface area contributed by atoms with Crippen molar-refractivity contribution in [3.63, 3.8) is 0 Å². The molecule has 1 aromatic carbocycles. The number of pyridine rings is 1. The zero-order valence-corrected chi connectivity index (χ0v) is 15.6. The normalized spacial score (nSPS) is 19.3. The highest BCUT2D eigenvalue weighted by atomic mass is 35.5. The highest BCUT2D eigenvalue weighted by molar-refractivity contribution is 6.31. The van der Waals surface area contributed by atoms with E-state index in [1.54, 1.807) is 30.5 Å². The van der Waals surface area contributed by atoms with Gasteiger partial charge in [0.05, 0.1) is 6.04 Å². The lowest BCUT2D eigenvalue weighted by molar-refractivity contribution is -0.147. The number of nitrogens with zero attached hydrogens (tertiary/aromatic N) is 1. The third-order valence-corrected chi connectivity index (χ3v) is 4.58. The van der Waals surface area contributed by atoms with Gasteiger partial charge in [-0.25, -0.2) is 4.98 Å². The van der Waals surface area contributed by atoms with Gasteiger partial charge in [-0.05, 0) is 30.2 Å². The number of rotatable bonds is 6. The van der Waals surface area contributed by atoms with Crippen LogP contribution in [0.4, 0.5) is 5.82 Å². The highest BCUT2D eigenvalue weighted by Crippen LogP contribution is 2.28. The molecule has 0 bridgehead atoms. The summed E-state index contributed by atoms with van der Waals surface area (Å²) in [6.45, 7) is 2.70. The molecule has 3 rings (SSSR count). The number of aromatic nitrogens is 1. The van der Waals surface area contributed by atoms with Crippen molar-refractivity contribution < 1.29 is 14.3 Å². The topological polar surface area (TPSA) is 92.3 Å². The monoisotopic (exact) mass is 388 g/mol. The fourth-order valence-corrected chi connectivity index (χ4v) is 3.14. The number of hydrogen-bond acceptors (Lipinski definition) is 5. The van der Waals surface area contributed by atoms with E-state index in [1.165, 1.54) is 0 Å². The molecule has 2 atom stereocenters. The number of carbonyl (C=O) groups is 2. The molecule has 27 heavy (non-hydrogen) atoms. The number of ether oxygens (including phenoxy) is 1. The summed E-state index contributed by atoms with van der Waals surface area (Å²) in [7, 11) is 0. The summed E-state index contributed by atoms with van der Waals surface area (Å²) in [5.74, 6) is 0.192. The maximum absolute atomic E-state index is 12.6. The van der Waals surface area contributed by atoms with Gasteiger partial charge in [0.25, 0.3) is 5.91 Å². The zero-order chi connectivity index (χ0) is 19.2. The van der Waals surface area contributed by atoms with Crippen LogP contribution in [0.25, 0.3) is 0 Å². The van der Waals surface area contributed by atoms with Crippen LogP contribution in [0.2, 0.25) is 5.02 Å². The lowest BCUT2D eigenvalue weighted by Crippen LogP contribution is -2.52. The Bertz CT molecular complexity index is 830. The highest BCUT2D eigenvalue weighted by Gasteiger charge is 2.36. The van der Waals surface area contributed by atoms with Crippen molar-refractivity contribution in [1.29, 1.82) is 0 Å². The molecule has 0 unspecified atom stereocenters. The fourth-order valence-electron chi connectivity index (χ4n) is 2.89. The molecular formula is C19H21ClN4O3. The summed E-state index contributed by atoms with van der Waals surface area (Å²) < 4.78 is 5.49. The molecule has 1 aliphatic rings. The summed E-state index contributed by atoms with van der Waals surface area (Å²) >= 11 is 6.23. The number of morpholine rings is 1. The quantitative estimate of drug-likeness (QED) is 0.656. The van der Waals surface area contributed by atoms with Gasteiger partial charge in [-0.15, -0.1) is 0 Å². The smallest absolute Gasteiger partial charge is 0.251 e. The lowest BCUT2D eigenvalue weighted by Gasteiger charge is -2.32. The minimum absolute atomic E-state index is 0.162.